The highest BCUT2D eigenvalue weighted by molar-refractivity contribution is 6.31. The first-order chi connectivity index (χ1) is 4.81. The molecule has 2 heteroatoms. The second-order valence-corrected chi connectivity index (χ2v) is 2.15. The molecule has 54 valence electrons. The Morgan fingerprint density at radius 1 is 1.30 bits per heavy atom. The summed E-state index contributed by atoms with van der Waals surface area (Å²) in [6, 6.07) is 0. The lowest BCUT2D eigenvalue weighted by Gasteiger charge is -1.80. The lowest BCUT2D eigenvalue weighted by atomic mass is 10.4. The van der Waals surface area contributed by atoms with Crippen LogP contribution in [0.15, 0.2) is 47.5 Å². The summed E-state index contributed by atoms with van der Waals surface area (Å²) in [5.74, 6) is 0. The van der Waals surface area contributed by atoms with Gasteiger partial charge in [-0.3, -0.25) is 0 Å². The van der Waals surface area contributed by atoms with Crippen molar-refractivity contribution >= 4 is 23.2 Å². The Hall–Kier alpha value is -0.460. The van der Waals surface area contributed by atoms with Gasteiger partial charge in [-0.15, -0.1) is 0 Å². The molecule has 0 N–H and O–H groups in total. The summed E-state index contributed by atoms with van der Waals surface area (Å²) in [7, 11) is 0. The van der Waals surface area contributed by atoms with Gasteiger partial charge in [0, 0.05) is 10.6 Å². The molecule has 0 aliphatic heterocycles. The number of hydrogen-bond donors (Lipinski definition) is 0. The van der Waals surface area contributed by atoms with E-state index in [1.54, 1.807) is 30.4 Å². The smallest absolute Gasteiger partial charge is 0.0405 e. The van der Waals surface area contributed by atoms with Crippen LogP contribution in [0.2, 0.25) is 0 Å². The van der Waals surface area contributed by atoms with Gasteiger partial charge in [-0.2, -0.15) is 0 Å². The highest BCUT2D eigenvalue weighted by Gasteiger charge is 1.76. The molecular formula is C8H8Cl2. The third-order valence-corrected chi connectivity index (χ3v) is 1.11. The minimum Gasteiger partial charge on any atom is -0.0990 e. The van der Waals surface area contributed by atoms with Gasteiger partial charge < -0.3 is 0 Å². The molecule has 0 aromatic carbocycles. The lowest BCUT2D eigenvalue weighted by Crippen LogP contribution is -1.58. The van der Waals surface area contributed by atoms with Crippen LogP contribution in [0.5, 0.6) is 0 Å². The Bertz CT molecular complexity index is 176. The highest BCUT2D eigenvalue weighted by atomic mass is 35.5. The van der Waals surface area contributed by atoms with Crippen LogP contribution in [0.3, 0.4) is 0 Å². The van der Waals surface area contributed by atoms with Gasteiger partial charge in [-0.25, -0.2) is 0 Å². The summed E-state index contributed by atoms with van der Waals surface area (Å²) < 4.78 is 0. The van der Waals surface area contributed by atoms with Gasteiger partial charge in [0.1, 0.15) is 0 Å². The van der Waals surface area contributed by atoms with Gasteiger partial charge in [0.05, 0.1) is 0 Å². The Balaban J connectivity index is 3.88. The van der Waals surface area contributed by atoms with E-state index in [1.807, 2.05) is 0 Å². The number of rotatable bonds is 3. The van der Waals surface area contributed by atoms with E-state index in [0.29, 0.717) is 5.03 Å². The van der Waals surface area contributed by atoms with E-state index in [9.17, 15) is 0 Å². The Kier molecular flexibility index (Phi) is 6.35. The number of halogens is 2. The zero-order valence-electron chi connectivity index (χ0n) is 5.43. The van der Waals surface area contributed by atoms with Gasteiger partial charge in [-0.1, -0.05) is 48.0 Å². The van der Waals surface area contributed by atoms with E-state index >= 15 is 0 Å². The minimum absolute atomic E-state index is 0.629. The molecule has 0 aliphatic carbocycles. The summed E-state index contributed by atoms with van der Waals surface area (Å²) in [4.78, 5) is 0. The molecule has 0 bridgehead atoms. The van der Waals surface area contributed by atoms with Crippen LogP contribution >= 0.6 is 23.2 Å². The van der Waals surface area contributed by atoms with Gasteiger partial charge in [0.2, 0.25) is 0 Å². The first-order valence-corrected chi connectivity index (χ1v) is 3.54. The molecule has 0 aliphatic rings. The van der Waals surface area contributed by atoms with Crippen molar-refractivity contribution in [3.8, 4) is 0 Å². The Labute approximate surface area is 71.1 Å². The second-order valence-electron chi connectivity index (χ2n) is 1.46. The topological polar surface area (TPSA) is 0 Å². The first-order valence-electron chi connectivity index (χ1n) is 2.73. The maximum atomic E-state index is 5.64. The predicted molar refractivity (Wildman–Crippen MR) is 48.3 cm³/mol. The molecule has 0 fully saturated rings. The van der Waals surface area contributed by atoms with Crippen LogP contribution in [0, 0.1) is 0 Å². The van der Waals surface area contributed by atoms with Crippen molar-refractivity contribution in [2.45, 2.75) is 0 Å². The van der Waals surface area contributed by atoms with Crippen molar-refractivity contribution < 1.29 is 0 Å². The van der Waals surface area contributed by atoms with Crippen molar-refractivity contribution in [1.82, 2.24) is 0 Å². The Morgan fingerprint density at radius 2 is 2.00 bits per heavy atom. The van der Waals surface area contributed by atoms with Crippen molar-refractivity contribution in [3.05, 3.63) is 47.5 Å². The SMILES string of the molecule is C=CC=C(Cl)C=CC=CCl. The molecule has 0 spiro atoms. The molecule has 10 heavy (non-hydrogen) atoms. The summed E-state index contributed by atoms with van der Waals surface area (Å²) in [6.45, 7) is 3.49. The average molecular weight is 175 g/mol. The molecular weight excluding hydrogens is 167 g/mol. The van der Waals surface area contributed by atoms with Gasteiger partial charge in [0.15, 0.2) is 0 Å². The van der Waals surface area contributed by atoms with Crippen LogP contribution in [-0.2, 0) is 0 Å². The summed E-state index contributed by atoms with van der Waals surface area (Å²) in [5.41, 5.74) is 1.41. The average Bonchev–Trinajstić information content (AvgIpc) is 1.89. The van der Waals surface area contributed by atoms with Gasteiger partial charge in [0.25, 0.3) is 0 Å². The third-order valence-electron chi connectivity index (χ3n) is 0.716. The van der Waals surface area contributed by atoms with Crippen LogP contribution < -0.4 is 0 Å². The fraction of sp³-hybridized carbons (Fsp3) is 0. The summed E-state index contributed by atoms with van der Waals surface area (Å²) in [6.07, 6.45) is 8.47. The van der Waals surface area contributed by atoms with E-state index in [-0.39, 0.29) is 0 Å². The standard InChI is InChI=1S/C8H8Cl2/c1-2-5-8(10)6-3-4-7-9/h2-7H,1H2. The maximum Gasteiger partial charge on any atom is 0.0405 e. The lowest BCUT2D eigenvalue weighted by molar-refractivity contribution is 1.84. The largest absolute Gasteiger partial charge is 0.0990 e. The van der Waals surface area contributed by atoms with E-state index in [0.717, 1.165) is 0 Å². The molecule has 0 atom stereocenters. The molecule has 0 amide bonds. The van der Waals surface area contributed by atoms with Crippen LogP contribution in [0.1, 0.15) is 0 Å². The minimum atomic E-state index is 0.629. The summed E-state index contributed by atoms with van der Waals surface area (Å²) >= 11 is 10.9. The fourth-order valence-electron chi connectivity index (χ4n) is 0.358. The van der Waals surface area contributed by atoms with Crippen LogP contribution in [-0.4, -0.2) is 0 Å². The monoisotopic (exact) mass is 174 g/mol. The number of hydrogen-bond acceptors (Lipinski definition) is 0. The molecule has 0 nitrogen and oxygen atoms in total. The molecule has 0 aromatic rings. The number of allylic oxidation sites excluding steroid dienone is 6. The van der Waals surface area contributed by atoms with E-state index in [2.05, 4.69) is 6.58 Å². The van der Waals surface area contributed by atoms with Crippen molar-refractivity contribution in [2.24, 2.45) is 0 Å². The normalized spacial score (nSPS) is 13.2. The van der Waals surface area contributed by atoms with Crippen molar-refractivity contribution in [1.29, 1.82) is 0 Å². The summed E-state index contributed by atoms with van der Waals surface area (Å²) in [5, 5.41) is 0.629. The quantitative estimate of drug-likeness (QED) is 0.574. The van der Waals surface area contributed by atoms with Gasteiger partial charge in [-0.05, 0) is 12.2 Å². The highest BCUT2D eigenvalue weighted by Crippen LogP contribution is 2.02. The Morgan fingerprint density at radius 3 is 2.50 bits per heavy atom. The predicted octanol–water partition coefficient (Wildman–Crippen LogP) is 3.60. The molecule has 0 saturated carbocycles. The van der Waals surface area contributed by atoms with Crippen LogP contribution in [0.25, 0.3) is 0 Å². The molecule has 0 aromatic heterocycles. The first kappa shape index (κ1) is 9.54. The van der Waals surface area contributed by atoms with Crippen molar-refractivity contribution in [2.75, 3.05) is 0 Å². The van der Waals surface area contributed by atoms with Crippen molar-refractivity contribution in [3.63, 3.8) is 0 Å². The van der Waals surface area contributed by atoms with Gasteiger partial charge >= 0.3 is 0 Å². The second kappa shape index (κ2) is 6.66. The van der Waals surface area contributed by atoms with Crippen LogP contribution in [0.4, 0.5) is 0 Å². The third kappa shape index (κ3) is 5.67. The molecule has 0 rings (SSSR count). The fourth-order valence-corrected chi connectivity index (χ4v) is 0.603. The van der Waals surface area contributed by atoms with E-state index in [1.165, 1.54) is 5.54 Å². The molecule has 0 saturated heterocycles. The molecule has 0 unspecified atom stereocenters. The zero-order valence-corrected chi connectivity index (χ0v) is 6.94. The zero-order chi connectivity index (χ0) is 7.82. The van der Waals surface area contributed by atoms with E-state index < -0.39 is 0 Å². The van der Waals surface area contributed by atoms with E-state index in [4.69, 9.17) is 23.2 Å². The molecule has 0 radical (unpaired) electrons. The molecule has 0 heterocycles. The maximum absolute atomic E-state index is 5.64.